The SMILES string of the molecule is CCOc1ccccc1C(N)c1cc(C)oc1C. The predicted molar refractivity (Wildman–Crippen MR) is 71.8 cm³/mol. The summed E-state index contributed by atoms with van der Waals surface area (Å²) in [6, 6.07) is 9.64. The Labute approximate surface area is 108 Å². The zero-order valence-corrected chi connectivity index (χ0v) is 11.1. The van der Waals surface area contributed by atoms with Gasteiger partial charge in [0.15, 0.2) is 0 Å². The van der Waals surface area contributed by atoms with E-state index in [1.54, 1.807) is 0 Å². The Hall–Kier alpha value is -1.74. The summed E-state index contributed by atoms with van der Waals surface area (Å²) < 4.78 is 11.2. The standard InChI is InChI=1S/C15H19NO2/c1-4-17-14-8-6-5-7-12(14)15(16)13-9-10(2)18-11(13)3/h5-9,15H,4,16H2,1-3H3. The molecule has 96 valence electrons. The number of ether oxygens (including phenoxy) is 1. The van der Waals surface area contributed by atoms with Gasteiger partial charge in [-0.05, 0) is 32.9 Å². The summed E-state index contributed by atoms with van der Waals surface area (Å²) in [6.45, 7) is 6.46. The number of furan rings is 1. The maximum absolute atomic E-state index is 6.32. The van der Waals surface area contributed by atoms with Crippen LogP contribution in [0.1, 0.15) is 35.6 Å². The Morgan fingerprint density at radius 3 is 2.56 bits per heavy atom. The van der Waals surface area contributed by atoms with E-state index in [4.69, 9.17) is 14.9 Å². The quantitative estimate of drug-likeness (QED) is 0.898. The number of para-hydroxylation sites is 1. The van der Waals surface area contributed by atoms with Gasteiger partial charge in [-0.1, -0.05) is 18.2 Å². The largest absolute Gasteiger partial charge is 0.494 e. The van der Waals surface area contributed by atoms with E-state index in [0.717, 1.165) is 28.4 Å². The van der Waals surface area contributed by atoms with E-state index in [0.29, 0.717) is 6.61 Å². The Morgan fingerprint density at radius 2 is 1.94 bits per heavy atom. The van der Waals surface area contributed by atoms with Crippen LogP contribution in [0.5, 0.6) is 5.75 Å². The topological polar surface area (TPSA) is 48.4 Å². The second-order valence-electron chi connectivity index (χ2n) is 4.32. The second kappa shape index (κ2) is 5.27. The minimum atomic E-state index is -0.217. The van der Waals surface area contributed by atoms with Crippen molar-refractivity contribution in [2.75, 3.05) is 6.61 Å². The number of hydrogen-bond donors (Lipinski definition) is 1. The summed E-state index contributed by atoms with van der Waals surface area (Å²) in [5.74, 6) is 2.59. The lowest BCUT2D eigenvalue weighted by Crippen LogP contribution is -2.13. The first kappa shape index (κ1) is 12.7. The predicted octanol–water partition coefficient (Wildman–Crippen LogP) is 3.34. The molecule has 0 fully saturated rings. The van der Waals surface area contributed by atoms with Crippen molar-refractivity contribution in [3.63, 3.8) is 0 Å². The van der Waals surface area contributed by atoms with Crippen molar-refractivity contribution < 1.29 is 9.15 Å². The average Bonchev–Trinajstić information content (AvgIpc) is 2.69. The minimum absolute atomic E-state index is 0.217. The Bertz CT molecular complexity index is 531. The smallest absolute Gasteiger partial charge is 0.124 e. The molecule has 0 radical (unpaired) electrons. The molecule has 1 heterocycles. The van der Waals surface area contributed by atoms with Crippen LogP contribution in [0, 0.1) is 13.8 Å². The monoisotopic (exact) mass is 245 g/mol. The fourth-order valence-corrected chi connectivity index (χ4v) is 2.15. The van der Waals surface area contributed by atoms with Crippen LogP contribution in [-0.2, 0) is 0 Å². The number of aryl methyl sites for hydroxylation is 2. The Kier molecular flexibility index (Phi) is 3.72. The minimum Gasteiger partial charge on any atom is -0.494 e. The highest BCUT2D eigenvalue weighted by Crippen LogP contribution is 2.31. The normalized spacial score (nSPS) is 12.4. The van der Waals surface area contributed by atoms with Crippen LogP contribution < -0.4 is 10.5 Å². The van der Waals surface area contributed by atoms with Crippen LogP contribution in [0.3, 0.4) is 0 Å². The van der Waals surface area contributed by atoms with Crippen LogP contribution >= 0.6 is 0 Å². The molecule has 1 atom stereocenters. The molecule has 1 unspecified atom stereocenters. The van der Waals surface area contributed by atoms with Crippen molar-refractivity contribution in [3.05, 3.63) is 53.0 Å². The molecule has 0 aliphatic heterocycles. The lowest BCUT2D eigenvalue weighted by molar-refractivity contribution is 0.335. The molecule has 1 aromatic heterocycles. The molecule has 2 N–H and O–H groups in total. The lowest BCUT2D eigenvalue weighted by atomic mass is 9.99. The number of hydrogen-bond acceptors (Lipinski definition) is 3. The van der Waals surface area contributed by atoms with Crippen LogP contribution in [0.15, 0.2) is 34.7 Å². The first-order valence-corrected chi connectivity index (χ1v) is 6.17. The van der Waals surface area contributed by atoms with Gasteiger partial charge in [-0.25, -0.2) is 0 Å². The molecule has 0 saturated carbocycles. The summed E-state index contributed by atoms with van der Waals surface area (Å²) in [6.07, 6.45) is 0. The van der Waals surface area contributed by atoms with Crippen molar-refractivity contribution in [1.82, 2.24) is 0 Å². The first-order valence-electron chi connectivity index (χ1n) is 6.17. The molecule has 2 rings (SSSR count). The number of nitrogens with two attached hydrogens (primary N) is 1. The molecule has 2 aromatic rings. The summed E-state index contributed by atoms with van der Waals surface area (Å²) in [7, 11) is 0. The second-order valence-corrected chi connectivity index (χ2v) is 4.32. The summed E-state index contributed by atoms with van der Waals surface area (Å²) in [5.41, 5.74) is 8.32. The van der Waals surface area contributed by atoms with Crippen LogP contribution in [0.4, 0.5) is 0 Å². The van der Waals surface area contributed by atoms with Crippen molar-refractivity contribution in [2.45, 2.75) is 26.8 Å². The fourth-order valence-electron chi connectivity index (χ4n) is 2.15. The summed E-state index contributed by atoms with van der Waals surface area (Å²) >= 11 is 0. The van der Waals surface area contributed by atoms with Gasteiger partial charge in [0.1, 0.15) is 17.3 Å². The van der Waals surface area contributed by atoms with E-state index < -0.39 is 0 Å². The van der Waals surface area contributed by atoms with Gasteiger partial charge in [0.2, 0.25) is 0 Å². The highest BCUT2D eigenvalue weighted by Gasteiger charge is 2.18. The van der Waals surface area contributed by atoms with Gasteiger partial charge >= 0.3 is 0 Å². The maximum Gasteiger partial charge on any atom is 0.124 e. The highest BCUT2D eigenvalue weighted by molar-refractivity contribution is 5.42. The third-order valence-electron chi connectivity index (χ3n) is 2.97. The molecule has 18 heavy (non-hydrogen) atoms. The fraction of sp³-hybridized carbons (Fsp3) is 0.333. The molecule has 0 aliphatic rings. The van der Waals surface area contributed by atoms with E-state index in [2.05, 4.69) is 0 Å². The van der Waals surface area contributed by atoms with Gasteiger partial charge in [0.05, 0.1) is 12.6 Å². The Balaban J connectivity index is 2.39. The molecule has 0 spiro atoms. The van der Waals surface area contributed by atoms with Gasteiger partial charge < -0.3 is 14.9 Å². The number of benzene rings is 1. The molecule has 3 heteroatoms. The zero-order valence-electron chi connectivity index (χ0n) is 11.1. The first-order chi connectivity index (χ1) is 8.63. The third kappa shape index (κ3) is 2.41. The molecule has 0 bridgehead atoms. The van der Waals surface area contributed by atoms with E-state index in [1.807, 2.05) is 51.1 Å². The van der Waals surface area contributed by atoms with E-state index in [1.165, 1.54) is 0 Å². The summed E-state index contributed by atoms with van der Waals surface area (Å²) in [4.78, 5) is 0. The van der Waals surface area contributed by atoms with Gasteiger partial charge in [-0.15, -0.1) is 0 Å². The van der Waals surface area contributed by atoms with E-state index >= 15 is 0 Å². The lowest BCUT2D eigenvalue weighted by Gasteiger charge is -2.15. The van der Waals surface area contributed by atoms with Gasteiger partial charge in [-0.2, -0.15) is 0 Å². The van der Waals surface area contributed by atoms with E-state index in [9.17, 15) is 0 Å². The van der Waals surface area contributed by atoms with Crippen molar-refractivity contribution >= 4 is 0 Å². The third-order valence-corrected chi connectivity index (χ3v) is 2.97. The molecular weight excluding hydrogens is 226 g/mol. The molecule has 1 aromatic carbocycles. The van der Waals surface area contributed by atoms with Crippen molar-refractivity contribution in [2.24, 2.45) is 5.73 Å². The van der Waals surface area contributed by atoms with Crippen LogP contribution in [0.2, 0.25) is 0 Å². The van der Waals surface area contributed by atoms with E-state index in [-0.39, 0.29) is 6.04 Å². The molecule has 0 amide bonds. The zero-order chi connectivity index (χ0) is 13.1. The molecular formula is C15H19NO2. The van der Waals surface area contributed by atoms with Crippen LogP contribution in [-0.4, -0.2) is 6.61 Å². The van der Waals surface area contributed by atoms with Gasteiger partial charge in [0.25, 0.3) is 0 Å². The highest BCUT2D eigenvalue weighted by atomic mass is 16.5. The molecule has 0 aliphatic carbocycles. The Morgan fingerprint density at radius 1 is 1.22 bits per heavy atom. The summed E-state index contributed by atoms with van der Waals surface area (Å²) in [5, 5.41) is 0. The number of rotatable bonds is 4. The van der Waals surface area contributed by atoms with Crippen molar-refractivity contribution in [1.29, 1.82) is 0 Å². The molecule has 3 nitrogen and oxygen atoms in total. The average molecular weight is 245 g/mol. The van der Waals surface area contributed by atoms with Gasteiger partial charge in [0, 0.05) is 11.1 Å². The van der Waals surface area contributed by atoms with Crippen molar-refractivity contribution in [3.8, 4) is 5.75 Å². The van der Waals surface area contributed by atoms with Crippen LogP contribution in [0.25, 0.3) is 0 Å². The maximum atomic E-state index is 6.32. The van der Waals surface area contributed by atoms with Gasteiger partial charge in [-0.3, -0.25) is 0 Å². The molecule has 0 saturated heterocycles.